The predicted molar refractivity (Wildman–Crippen MR) is 148 cm³/mol. The Morgan fingerprint density at radius 2 is 1.58 bits per heavy atom. The van der Waals surface area contributed by atoms with Crippen molar-refractivity contribution in [3.05, 3.63) is 98.5 Å². The normalized spacial score (nSPS) is 14.1. The summed E-state index contributed by atoms with van der Waals surface area (Å²) >= 11 is 12.2. The van der Waals surface area contributed by atoms with Crippen molar-refractivity contribution in [2.75, 3.05) is 10.6 Å². The first-order valence-electron chi connectivity index (χ1n) is 12.1. The number of rotatable bonds is 8. The summed E-state index contributed by atoms with van der Waals surface area (Å²) in [6, 6.07) is 18.1. The van der Waals surface area contributed by atoms with Crippen molar-refractivity contribution < 1.29 is 13.2 Å². The van der Waals surface area contributed by atoms with Crippen molar-refractivity contribution in [1.82, 2.24) is 5.32 Å². The summed E-state index contributed by atoms with van der Waals surface area (Å²) in [6.45, 7) is 2.15. The van der Waals surface area contributed by atoms with Crippen molar-refractivity contribution in [2.45, 2.75) is 51.6 Å². The molecule has 190 valence electrons. The van der Waals surface area contributed by atoms with E-state index in [2.05, 4.69) is 30.4 Å². The Morgan fingerprint density at radius 3 is 2.19 bits per heavy atom. The Balaban J connectivity index is 1.48. The molecule has 0 unspecified atom stereocenters. The molecule has 0 radical (unpaired) electrons. The minimum Gasteiger partial charge on any atom is -0.345 e. The van der Waals surface area contributed by atoms with Gasteiger partial charge in [-0.1, -0.05) is 60.5 Å². The molecule has 3 aromatic rings. The van der Waals surface area contributed by atoms with Crippen LogP contribution in [0.1, 0.15) is 64.8 Å². The van der Waals surface area contributed by atoms with Gasteiger partial charge < -0.3 is 5.32 Å². The molecule has 3 aromatic carbocycles. The number of anilines is 1. The van der Waals surface area contributed by atoms with Crippen LogP contribution in [0.2, 0.25) is 10.0 Å². The van der Waals surface area contributed by atoms with Gasteiger partial charge in [0.2, 0.25) is 10.0 Å². The van der Waals surface area contributed by atoms with Crippen LogP contribution in [0.25, 0.3) is 0 Å². The van der Waals surface area contributed by atoms with Gasteiger partial charge in [-0.2, -0.15) is 0 Å². The average Bonchev–Trinajstić information content (AvgIpc) is 2.84. The van der Waals surface area contributed by atoms with Crippen LogP contribution in [-0.4, -0.2) is 20.6 Å². The van der Waals surface area contributed by atoms with E-state index < -0.39 is 10.0 Å². The van der Waals surface area contributed by atoms with Crippen molar-refractivity contribution in [1.29, 1.82) is 0 Å². The first-order chi connectivity index (χ1) is 17.1. The van der Waals surface area contributed by atoms with Gasteiger partial charge in [0.15, 0.2) is 0 Å². The monoisotopic (exact) mass is 544 g/mol. The molecule has 0 saturated heterocycles. The summed E-state index contributed by atoms with van der Waals surface area (Å²) in [5, 5.41) is 3.85. The number of halogens is 2. The number of carbonyl (C=O) groups is 1. The number of sulfonamides is 1. The summed E-state index contributed by atoms with van der Waals surface area (Å²) in [5.41, 5.74) is 5.58. The quantitative estimate of drug-likeness (QED) is 0.342. The summed E-state index contributed by atoms with van der Waals surface area (Å²) in [4.78, 5) is 13.0. The highest BCUT2D eigenvalue weighted by atomic mass is 35.5. The smallest absolute Gasteiger partial charge is 0.251 e. The zero-order valence-electron chi connectivity index (χ0n) is 20.4. The van der Waals surface area contributed by atoms with Gasteiger partial charge in [0.25, 0.3) is 5.91 Å². The van der Waals surface area contributed by atoms with Gasteiger partial charge in [-0.15, -0.1) is 0 Å². The second-order valence-corrected chi connectivity index (χ2v) is 12.0. The van der Waals surface area contributed by atoms with E-state index in [-0.39, 0.29) is 18.5 Å². The fraction of sp³-hybridized carbons (Fsp3) is 0.321. The molecule has 0 heterocycles. The molecule has 0 aliphatic heterocycles. The number of benzene rings is 3. The van der Waals surface area contributed by atoms with Gasteiger partial charge in [-0.05, 0) is 84.7 Å². The molecule has 0 saturated carbocycles. The van der Waals surface area contributed by atoms with Crippen molar-refractivity contribution >= 4 is 44.8 Å². The lowest BCUT2D eigenvalue weighted by Gasteiger charge is -2.23. The molecule has 4 rings (SSSR count). The lowest BCUT2D eigenvalue weighted by atomic mass is 9.88. The highest BCUT2D eigenvalue weighted by Crippen LogP contribution is 2.29. The summed E-state index contributed by atoms with van der Waals surface area (Å²) < 4.78 is 26.2. The van der Waals surface area contributed by atoms with Gasteiger partial charge >= 0.3 is 0 Å². The Kier molecular flexibility index (Phi) is 8.28. The first kappa shape index (κ1) is 26.5. The van der Waals surface area contributed by atoms with Crippen molar-refractivity contribution in [3.8, 4) is 0 Å². The molecular weight excluding hydrogens is 515 g/mol. The van der Waals surface area contributed by atoms with Crippen LogP contribution in [0.15, 0.2) is 60.7 Å². The van der Waals surface area contributed by atoms with E-state index >= 15 is 0 Å². The van der Waals surface area contributed by atoms with Crippen molar-refractivity contribution in [2.24, 2.45) is 0 Å². The van der Waals surface area contributed by atoms with Gasteiger partial charge in [-0.25, -0.2) is 8.42 Å². The van der Waals surface area contributed by atoms with Gasteiger partial charge in [0, 0.05) is 15.6 Å². The molecule has 0 bridgehead atoms. The van der Waals surface area contributed by atoms with Crippen LogP contribution in [0.5, 0.6) is 0 Å². The SMILES string of the molecule is CC[C@H](NC(=O)c1ccc(CN(c2cc(Cl)cc(Cl)c2)S(C)(=O)=O)cc1)c1ccc2c(c1)CCCC2. The largest absolute Gasteiger partial charge is 0.345 e. The lowest BCUT2D eigenvalue weighted by Crippen LogP contribution is -2.30. The number of nitrogens with one attached hydrogen (secondary N) is 1. The third kappa shape index (κ3) is 6.41. The molecule has 1 atom stereocenters. The van der Waals surface area contributed by atoms with E-state index in [1.54, 1.807) is 42.5 Å². The minimum absolute atomic E-state index is 0.0716. The molecule has 5 nitrogen and oxygen atoms in total. The van der Waals surface area contributed by atoms with Crippen LogP contribution < -0.4 is 9.62 Å². The van der Waals surface area contributed by atoms with E-state index in [4.69, 9.17) is 23.2 Å². The molecule has 0 aromatic heterocycles. The Bertz CT molecular complexity index is 1340. The second kappa shape index (κ2) is 11.2. The van der Waals surface area contributed by atoms with E-state index in [0.29, 0.717) is 21.3 Å². The zero-order chi connectivity index (χ0) is 25.9. The predicted octanol–water partition coefficient (Wildman–Crippen LogP) is 6.72. The lowest BCUT2D eigenvalue weighted by molar-refractivity contribution is 0.0935. The molecule has 1 aliphatic rings. The number of amides is 1. The molecule has 1 aliphatic carbocycles. The maximum absolute atomic E-state index is 13.0. The standard InChI is InChI=1S/C28H30Cl2N2O3S/c1-3-27(23-13-12-20-6-4-5-7-22(20)14-23)31-28(33)21-10-8-19(9-11-21)18-32(36(2,34)35)26-16-24(29)15-25(30)17-26/h8-17,27H,3-7,18H2,1-2H3,(H,31,33)/t27-/m0/s1. The van der Waals surface area contributed by atoms with Gasteiger partial charge in [-0.3, -0.25) is 9.10 Å². The Labute approximate surface area is 223 Å². The topological polar surface area (TPSA) is 66.5 Å². The van der Waals surface area contributed by atoms with E-state index in [1.165, 1.54) is 28.3 Å². The van der Waals surface area contributed by atoms with Crippen LogP contribution in [0.4, 0.5) is 5.69 Å². The number of hydrogen-bond acceptors (Lipinski definition) is 3. The molecule has 1 N–H and O–H groups in total. The summed E-state index contributed by atoms with van der Waals surface area (Å²) in [7, 11) is -3.60. The zero-order valence-corrected chi connectivity index (χ0v) is 22.8. The third-order valence-corrected chi connectivity index (χ3v) is 8.14. The van der Waals surface area contributed by atoms with E-state index in [9.17, 15) is 13.2 Å². The molecular formula is C28H30Cl2N2O3S. The summed E-state index contributed by atoms with van der Waals surface area (Å²) in [5.74, 6) is -0.160. The molecule has 0 fully saturated rings. The maximum atomic E-state index is 13.0. The number of fused-ring (bicyclic) bond motifs is 1. The van der Waals surface area contributed by atoms with Crippen LogP contribution in [0, 0.1) is 0 Å². The maximum Gasteiger partial charge on any atom is 0.251 e. The minimum atomic E-state index is -3.60. The van der Waals surface area contributed by atoms with Crippen LogP contribution in [0.3, 0.4) is 0 Å². The third-order valence-electron chi connectivity index (χ3n) is 6.57. The fourth-order valence-corrected chi connectivity index (χ4v) is 6.03. The number of aryl methyl sites for hydroxylation is 2. The van der Waals surface area contributed by atoms with Crippen molar-refractivity contribution in [3.63, 3.8) is 0 Å². The van der Waals surface area contributed by atoms with E-state index in [0.717, 1.165) is 36.6 Å². The van der Waals surface area contributed by atoms with Crippen LogP contribution >= 0.6 is 23.2 Å². The Morgan fingerprint density at radius 1 is 0.944 bits per heavy atom. The molecule has 8 heteroatoms. The van der Waals surface area contributed by atoms with E-state index in [1.807, 2.05) is 0 Å². The highest BCUT2D eigenvalue weighted by molar-refractivity contribution is 7.92. The average molecular weight is 546 g/mol. The number of carbonyl (C=O) groups excluding carboxylic acids is 1. The number of hydrogen-bond donors (Lipinski definition) is 1. The van der Waals surface area contributed by atoms with Gasteiger partial charge in [0.1, 0.15) is 0 Å². The Hall–Kier alpha value is -2.54. The summed E-state index contributed by atoms with van der Waals surface area (Å²) in [6.07, 6.45) is 6.61. The van der Waals surface area contributed by atoms with Gasteiger partial charge in [0.05, 0.1) is 24.5 Å². The number of nitrogens with zero attached hydrogens (tertiary/aromatic N) is 1. The highest BCUT2D eigenvalue weighted by Gasteiger charge is 2.20. The fourth-order valence-electron chi connectivity index (χ4n) is 4.64. The molecule has 0 spiro atoms. The van der Waals surface area contributed by atoms with Crippen LogP contribution in [-0.2, 0) is 29.4 Å². The first-order valence-corrected chi connectivity index (χ1v) is 14.7. The second-order valence-electron chi connectivity index (χ2n) is 9.26. The molecule has 36 heavy (non-hydrogen) atoms. The molecule has 1 amide bonds.